The number of aryl methyl sites for hydroxylation is 1. The van der Waals surface area contributed by atoms with E-state index in [0.717, 1.165) is 22.6 Å². The van der Waals surface area contributed by atoms with Crippen molar-refractivity contribution in [3.05, 3.63) is 59.7 Å². The van der Waals surface area contributed by atoms with Gasteiger partial charge in [0.25, 0.3) is 0 Å². The van der Waals surface area contributed by atoms with Crippen LogP contribution in [0, 0.1) is 6.92 Å². The first-order valence-corrected chi connectivity index (χ1v) is 11.4. The molecule has 0 aromatic heterocycles. The second kappa shape index (κ2) is 12.3. The van der Waals surface area contributed by atoms with Gasteiger partial charge in [-0.1, -0.05) is 43.7 Å². The van der Waals surface area contributed by atoms with Gasteiger partial charge in [-0.05, 0) is 49.6 Å². The van der Waals surface area contributed by atoms with Crippen LogP contribution >= 0.6 is 11.8 Å². The van der Waals surface area contributed by atoms with E-state index in [2.05, 4.69) is 5.32 Å². The standard InChI is InChI=1S/C24H32N2O3S/c1-5-14-25-24(28)22(6-2)26(16-19-8-7-9-20(15-19)29-4)23(27)17-30-21-12-10-18(3)11-13-21/h7-13,15,22H,5-6,14,16-17H2,1-4H3,(H,25,28)/t22-/m0/s1. The summed E-state index contributed by atoms with van der Waals surface area (Å²) in [5.41, 5.74) is 2.12. The highest BCUT2D eigenvalue weighted by atomic mass is 32.2. The molecule has 6 heteroatoms. The maximum atomic E-state index is 13.2. The number of hydrogen-bond donors (Lipinski definition) is 1. The molecule has 1 atom stereocenters. The lowest BCUT2D eigenvalue weighted by Gasteiger charge is -2.30. The third kappa shape index (κ3) is 7.10. The van der Waals surface area contributed by atoms with Crippen LogP contribution in [0.2, 0.25) is 0 Å². The van der Waals surface area contributed by atoms with Gasteiger partial charge in [0.05, 0.1) is 12.9 Å². The van der Waals surface area contributed by atoms with Gasteiger partial charge in [0.2, 0.25) is 11.8 Å². The lowest BCUT2D eigenvalue weighted by molar-refractivity contribution is -0.139. The quantitative estimate of drug-likeness (QED) is 0.538. The van der Waals surface area contributed by atoms with E-state index in [-0.39, 0.29) is 17.6 Å². The molecule has 2 rings (SSSR count). The molecule has 0 heterocycles. The summed E-state index contributed by atoms with van der Waals surface area (Å²) < 4.78 is 5.31. The Balaban J connectivity index is 2.20. The maximum Gasteiger partial charge on any atom is 0.242 e. The van der Waals surface area contributed by atoms with Crippen LogP contribution in [0.5, 0.6) is 5.75 Å². The molecule has 0 spiro atoms. The Kier molecular flexibility index (Phi) is 9.74. The average molecular weight is 429 g/mol. The number of methoxy groups -OCH3 is 1. The number of hydrogen-bond acceptors (Lipinski definition) is 4. The van der Waals surface area contributed by atoms with Crippen molar-refractivity contribution >= 4 is 23.6 Å². The van der Waals surface area contributed by atoms with Crippen molar-refractivity contribution < 1.29 is 14.3 Å². The van der Waals surface area contributed by atoms with Gasteiger partial charge in [-0.25, -0.2) is 0 Å². The summed E-state index contributed by atoms with van der Waals surface area (Å²) in [5, 5.41) is 2.94. The zero-order valence-corrected chi connectivity index (χ0v) is 19.1. The van der Waals surface area contributed by atoms with Gasteiger partial charge in [-0.15, -0.1) is 11.8 Å². The maximum absolute atomic E-state index is 13.2. The Morgan fingerprint density at radius 2 is 1.87 bits per heavy atom. The molecule has 0 unspecified atom stereocenters. The van der Waals surface area contributed by atoms with E-state index in [9.17, 15) is 9.59 Å². The first-order valence-electron chi connectivity index (χ1n) is 10.4. The molecule has 0 aliphatic carbocycles. The lowest BCUT2D eigenvalue weighted by atomic mass is 10.1. The lowest BCUT2D eigenvalue weighted by Crippen LogP contribution is -2.49. The minimum atomic E-state index is -0.506. The van der Waals surface area contributed by atoms with Crippen molar-refractivity contribution in [3.8, 4) is 5.75 Å². The zero-order chi connectivity index (χ0) is 21.9. The zero-order valence-electron chi connectivity index (χ0n) is 18.3. The molecule has 0 bridgehead atoms. The molecule has 0 saturated heterocycles. The molecule has 0 radical (unpaired) electrons. The van der Waals surface area contributed by atoms with E-state index >= 15 is 0 Å². The van der Waals surface area contributed by atoms with Gasteiger partial charge in [0, 0.05) is 18.0 Å². The van der Waals surface area contributed by atoms with Crippen molar-refractivity contribution in [2.45, 2.75) is 51.1 Å². The molecule has 1 N–H and O–H groups in total. The number of amides is 2. The summed E-state index contributed by atoms with van der Waals surface area (Å²) in [7, 11) is 1.62. The number of benzene rings is 2. The van der Waals surface area contributed by atoms with Crippen LogP contribution in [0.3, 0.4) is 0 Å². The SMILES string of the molecule is CCCNC(=O)[C@H](CC)N(Cc1cccc(OC)c1)C(=O)CSc1ccc(C)cc1. The van der Waals surface area contributed by atoms with Crippen LogP contribution in [0.1, 0.15) is 37.8 Å². The van der Waals surface area contributed by atoms with Crippen LogP contribution < -0.4 is 10.1 Å². The second-order valence-electron chi connectivity index (χ2n) is 7.19. The molecule has 2 aromatic carbocycles. The largest absolute Gasteiger partial charge is 0.497 e. The first-order chi connectivity index (χ1) is 14.5. The molecule has 30 heavy (non-hydrogen) atoms. The molecule has 2 aromatic rings. The summed E-state index contributed by atoms with van der Waals surface area (Å²) in [6.45, 7) is 6.96. The van der Waals surface area contributed by atoms with E-state index in [1.165, 1.54) is 17.3 Å². The average Bonchev–Trinajstić information content (AvgIpc) is 2.77. The Labute approximate surface area is 184 Å². The smallest absolute Gasteiger partial charge is 0.242 e. The normalized spacial score (nSPS) is 11.6. The molecule has 2 amide bonds. The predicted molar refractivity (Wildman–Crippen MR) is 123 cm³/mol. The van der Waals surface area contributed by atoms with E-state index in [4.69, 9.17) is 4.74 Å². The minimum absolute atomic E-state index is 0.0538. The summed E-state index contributed by atoms with van der Waals surface area (Å²) >= 11 is 1.49. The topological polar surface area (TPSA) is 58.6 Å². The van der Waals surface area contributed by atoms with E-state index in [1.807, 2.05) is 69.3 Å². The van der Waals surface area contributed by atoms with Crippen LogP contribution in [-0.2, 0) is 16.1 Å². The molecular weight excluding hydrogens is 396 g/mol. The number of carbonyl (C=O) groups excluding carboxylic acids is 2. The molecule has 162 valence electrons. The fourth-order valence-corrected chi connectivity index (χ4v) is 3.90. The van der Waals surface area contributed by atoms with Crippen LogP contribution in [0.15, 0.2) is 53.4 Å². The number of ether oxygens (including phenoxy) is 1. The summed E-state index contributed by atoms with van der Waals surface area (Å²) in [4.78, 5) is 28.7. The number of rotatable bonds is 11. The molecule has 5 nitrogen and oxygen atoms in total. The fraction of sp³-hybridized carbons (Fsp3) is 0.417. The Hall–Kier alpha value is -2.47. The number of nitrogens with one attached hydrogen (secondary N) is 1. The van der Waals surface area contributed by atoms with E-state index in [0.29, 0.717) is 19.5 Å². The number of nitrogens with zero attached hydrogens (tertiary/aromatic N) is 1. The van der Waals surface area contributed by atoms with Gasteiger partial charge in [0.1, 0.15) is 11.8 Å². The molecule has 0 fully saturated rings. The molecule has 0 aliphatic heterocycles. The first kappa shape index (κ1) is 23.8. The van der Waals surface area contributed by atoms with Crippen molar-refractivity contribution in [3.63, 3.8) is 0 Å². The highest BCUT2D eigenvalue weighted by Gasteiger charge is 2.28. The van der Waals surface area contributed by atoms with Crippen LogP contribution in [-0.4, -0.2) is 42.2 Å². The van der Waals surface area contributed by atoms with Crippen molar-refractivity contribution in [1.29, 1.82) is 0 Å². The van der Waals surface area contributed by atoms with Gasteiger partial charge in [-0.2, -0.15) is 0 Å². The molecular formula is C24H32N2O3S. The van der Waals surface area contributed by atoms with Gasteiger partial charge in [-0.3, -0.25) is 9.59 Å². The van der Waals surface area contributed by atoms with Crippen molar-refractivity contribution in [1.82, 2.24) is 10.2 Å². The van der Waals surface area contributed by atoms with Crippen LogP contribution in [0.25, 0.3) is 0 Å². The van der Waals surface area contributed by atoms with Gasteiger partial charge < -0.3 is 15.0 Å². The van der Waals surface area contributed by atoms with Crippen molar-refractivity contribution in [2.24, 2.45) is 0 Å². The summed E-state index contributed by atoms with van der Waals surface area (Å²) in [6, 6.07) is 15.2. The van der Waals surface area contributed by atoms with Gasteiger partial charge >= 0.3 is 0 Å². The minimum Gasteiger partial charge on any atom is -0.497 e. The second-order valence-corrected chi connectivity index (χ2v) is 8.24. The molecule has 0 aliphatic rings. The number of carbonyl (C=O) groups is 2. The van der Waals surface area contributed by atoms with Crippen molar-refractivity contribution in [2.75, 3.05) is 19.4 Å². The monoisotopic (exact) mass is 428 g/mol. The third-order valence-corrected chi connectivity index (χ3v) is 5.80. The highest BCUT2D eigenvalue weighted by molar-refractivity contribution is 8.00. The Bertz CT molecular complexity index is 823. The predicted octanol–water partition coefficient (Wildman–Crippen LogP) is 4.43. The van der Waals surface area contributed by atoms with E-state index < -0.39 is 6.04 Å². The fourth-order valence-electron chi connectivity index (χ4n) is 3.12. The van der Waals surface area contributed by atoms with E-state index in [1.54, 1.807) is 12.0 Å². The summed E-state index contributed by atoms with van der Waals surface area (Å²) in [5.74, 6) is 0.861. The highest BCUT2D eigenvalue weighted by Crippen LogP contribution is 2.22. The summed E-state index contributed by atoms with van der Waals surface area (Å²) in [6.07, 6.45) is 1.41. The molecule has 0 saturated carbocycles. The Morgan fingerprint density at radius 3 is 2.50 bits per heavy atom. The number of thioether (sulfide) groups is 1. The van der Waals surface area contributed by atoms with Crippen LogP contribution in [0.4, 0.5) is 0 Å². The third-order valence-electron chi connectivity index (χ3n) is 4.81. The van der Waals surface area contributed by atoms with Gasteiger partial charge in [0.15, 0.2) is 0 Å². The Morgan fingerprint density at radius 1 is 1.13 bits per heavy atom.